The summed E-state index contributed by atoms with van der Waals surface area (Å²) >= 11 is 0. The molecule has 0 bridgehead atoms. The molecule has 0 aliphatic carbocycles. The van der Waals surface area contributed by atoms with E-state index < -0.39 is 0 Å². The first-order valence-electron chi connectivity index (χ1n) is 8.06. The summed E-state index contributed by atoms with van der Waals surface area (Å²) in [5, 5.41) is 3.46. The van der Waals surface area contributed by atoms with Crippen LogP contribution in [-0.4, -0.2) is 13.1 Å². The Morgan fingerprint density at radius 3 is 1.67 bits per heavy atom. The highest BCUT2D eigenvalue weighted by Gasteiger charge is 2.28. The third-order valence-corrected chi connectivity index (χ3v) is 5.06. The highest BCUT2D eigenvalue weighted by atomic mass is 14.9. The van der Waals surface area contributed by atoms with Crippen molar-refractivity contribution in [3.8, 4) is 0 Å². The second-order valence-electron chi connectivity index (χ2n) is 6.67. The topological polar surface area (TPSA) is 12.0 Å². The van der Waals surface area contributed by atoms with Crippen molar-refractivity contribution in [2.75, 3.05) is 7.05 Å². The molecule has 4 atom stereocenters. The van der Waals surface area contributed by atoms with Crippen LogP contribution in [0.5, 0.6) is 0 Å². The minimum Gasteiger partial charge on any atom is -0.317 e. The van der Waals surface area contributed by atoms with E-state index in [1.807, 2.05) is 0 Å². The van der Waals surface area contributed by atoms with Crippen molar-refractivity contribution < 1.29 is 0 Å². The van der Waals surface area contributed by atoms with Gasteiger partial charge in [0.1, 0.15) is 0 Å². The molecule has 0 fully saturated rings. The SMILES string of the molecule is CCC(CC)C(C)CC(C)C(C(C)C)C(C)NC. The van der Waals surface area contributed by atoms with Gasteiger partial charge in [-0.3, -0.25) is 0 Å². The number of hydrogen-bond acceptors (Lipinski definition) is 1. The second-order valence-corrected chi connectivity index (χ2v) is 6.67. The largest absolute Gasteiger partial charge is 0.317 e. The van der Waals surface area contributed by atoms with E-state index in [-0.39, 0.29) is 0 Å². The fourth-order valence-electron chi connectivity index (χ4n) is 3.95. The summed E-state index contributed by atoms with van der Waals surface area (Å²) < 4.78 is 0. The summed E-state index contributed by atoms with van der Waals surface area (Å²) in [6.07, 6.45) is 4.04. The van der Waals surface area contributed by atoms with Gasteiger partial charge in [0.05, 0.1) is 0 Å². The van der Waals surface area contributed by atoms with Crippen LogP contribution in [0.3, 0.4) is 0 Å². The third kappa shape index (κ3) is 5.30. The Balaban J connectivity index is 4.54. The molecule has 0 amide bonds. The molecule has 0 rings (SSSR count). The van der Waals surface area contributed by atoms with Gasteiger partial charge in [0.2, 0.25) is 0 Å². The van der Waals surface area contributed by atoms with Crippen LogP contribution in [-0.2, 0) is 0 Å². The van der Waals surface area contributed by atoms with E-state index in [0.29, 0.717) is 6.04 Å². The molecular formula is C17H37N. The standard InChI is InChI=1S/C17H37N/c1-9-16(10-2)13(5)11-14(6)17(12(3)4)15(7)18-8/h12-18H,9-11H2,1-8H3. The molecule has 0 spiro atoms. The Hall–Kier alpha value is -0.0400. The fourth-order valence-corrected chi connectivity index (χ4v) is 3.95. The van der Waals surface area contributed by atoms with Gasteiger partial charge in [0.25, 0.3) is 0 Å². The zero-order valence-electron chi connectivity index (χ0n) is 14.1. The van der Waals surface area contributed by atoms with E-state index in [0.717, 1.165) is 29.6 Å². The molecule has 0 aliphatic heterocycles. The normalized spacial score (nSPS) is 19.0. The van der Waals surface area contributed by atoms with Crippen LogP contribution < -0.4 is 5.32 Å². The second kappa shape index (κ2) is 8.96. The van der Waals surface area contributed by atoms with Crippen molar-refractivity contribution in [3.05, 3.63) is 0 Å². The quantitative estimate of drug-likeness (QED) is 0.613. The number of hydrogen-bond donors (Lipinski definition) is 1. The molecule has 0 aromatic rings. The van der Waals surface area contributed by atoms with Gasteiger partial charge in [-0.2, -0.15) is 0 Å². The van der Waals surface area contributed by atoms with Crippen LogP contribution in [0, 0.1) is 29.6 Å². The summed E-state index contributed by atoms with van der Waals surface area (Å²) in [5.41, 5.74) is 0. The minimum absolute atomic E-state index is 0.619. The Kier molecular flexibility index (Phi) is 8.94. The van der Waals surface area contributed by atoms with E-state index in [2.05, 4.69) is 60.8 Å². The van der Waals surface area contributed by atoms with Crippen molar-refractivity contribution in [1.82, 2.24) is 5.32 Å². The summed E-state index contributed by atoms with van der Waals surface area (Å²) in [4.78, 5) is 0. The van der Waals surface area contributed by atoms with Crippen molar-refractivity contribution in [3.63, 3.8) is 0 Å². The predicted molar refractivity (Wildman–Crippen MR) is 83.9 cm³/mol. The van der Waals surface area contributed by atoms with Crippen LogP contribution in [0.2, 0.25) is 0 Å². The fraction of sp³-hybridized carbons (Fsp3) is 1.00. The Morgan fingerprint density at radius 1 is 0.833 bits per heavy atom. The van der Waals surface area contributed by atoms with E-state index in [9.17, 15) is 0 Å². The molecule has 1 N–H and O–H groups in total. The van der Waals surface area contributed by atoms with Crippen LogP contribution >= 0.6 is 0 Å². The van der Waals surface area contributed by atoms with Gasteiger partial charge < -0.3 is 5.32 Å². The predicted octanol–water partition coefficient (Wildman–Crippen LogP) is 4.97. The van der Waals surface area contributed by atoms with E-state index in [1.54, 1.807) is 0 Å². The van der Waals surface area contributed by atoms with Crippen molar-refractivity contribution in [1.29, 1.82) is 0 Å². The van der Waals surface area contributed by atoms with Crippen molar-refractivity contribution in [2.24, 2.45) is 29.6 Å². The smallest absolute Gasteiger partial charge is 0.00689 e. The molecule has 0 heterocycles. The maximum absolute atomic E-state index is 3.46. The van der Waals surface area contributed by atoms with Gasteiger partial charge in [0.15, 0.2) is 0 Å². The van der Waals surface area contributed by atoms with E-state index in [4.69, 9.17) is 0 Å². The molecule has 0 saturated carbocycles. The Labute approximate surface area is 116 Å². The Bertz CT molecular complexity index is 196. The van der Waals surface area contributed by atoms with Gasteiger partial charge in [-0.25, -0.2) is 0 Å². The van der Waals surface area contributed by atoms with Gasteiger partial charge in [0, 0.05) is 6.04 Å². The van der Waals surface area contributed by atoms with Crippen LogP contribution in [0.1, 0.15) is 67.7 Å². The first-order valence-corrected chi connectivity index (χ1v) is 8.06. The maximum Gasteiger partial charge on any atom is 0.00689 e. The number of nitrogens with one attached hydrogen (secondary N) is 1. The molecule has 4 unspecified atom stereocenters. The van der Waals surface area contributed by atoms with Crippen molar-refractivity contribution >= 4 is 0 Å². The molecule has 1 heteroatoms. The Morgan fingerprint density at radius 2 is 1.33 bits per heavy atom. The lowest BCUT2D eigenvalue weighted by atomic mass is 9.73. The van der Waals surface area contributed by atoms with E-state index >= 15 is 0 Å². The van der Waals surface area contributed by atoms with Crippen LogP contribution in [0.4, 0.5) is 0 Å². The monoisotopic (exact) mass is 255 g/mol. The average molecular weight is 255 g/mol. The summed E-state index contributed by atoms with van der Waals surface area (Å²) in [6.45, 7) is 16.7. The van der Waals surface area contributed by atoms with Gasteiger partial charge in [-0.05, 0) is 50.0 Å². The minimum atomic E-state index is 0.619. The third-order valence-electron chi connectivity index (χ3n) is 5.06. The summed E-state index contributed by atoms with van der Waals surface area (Å²) in [6, 6.07) is 0.619. The molecule has 0 saturated heterocycles. The van der Waals surface area contributed by atoms with Gasteiger partial charge in [-0.1, -0.05) is 54.4 Å². The first-order chi connectivity index (χ1) is 8.38. The summed E-state index contributed by atoms with van der Waals surface area (Å²) in [7, 11) is 2.09. The summed E-state index contributed by atoms with van der Waals surface area (Å²) in [5.74, 6) is 4.12. The lowest BCUT2D eigenvalue weighted by molar-refractivity contribution is 0.166. The molecular weight excluding hydrogens is 218 g/mol. The molecule has 18 heavy (non-hydrogen) atoms. The zero-order valence-corrected chi connectivity index (χ0v) is 14.1. The van der Waals surface area contributed by atoms with Gasteiger partial charge in [-0.15, -0.1) is 0 Å². The molecule has 0 aromatic heterocycles. The lowest BCUT2D eigenvalue weighted by Gasteiger charge is -2.35. The lowest BCUT2D eigenvalue weighted by Crippen LogP contribution is -2.38. The zero-order chi connectivity index (χ0) is 14.3. The average Bonchev–Trinajstić information content (AvgIpc) is 2.29. The molecule has 0 aliphatic rings. The molecule has 0 radical (unpaired) electrons. The van der Waals surface area contributed by atoms with Crippen molar-refractivity contribution in [2.45, 2.75) is 73.8 Å². The number of rotatable bonds is 9. The van der Waals surface area contributed by atoms with Crippen LogP contribution in [0.25, 0.3) is 0 Å². The molecule has 0 aromatic carbocycles. The van der Waals surface area contributed by atoms with Gasteiger partial charge >= 0.3 is 0 Å². The molecule has 1 nitrogen and oxygen atoms in total. The highest BCUT2D eigenvalue weighted by molar-refractivity contribution is 4.80. The van der Waals surface area contributed by atoms with E-state index in [1.165, 1.54) is 19.3 Å². The maximum atomic E-state index is 3.46. The molecule has 110 valence electrons. The first kappa shape index (κ1) is 18.0. The van der Waals surface area contributed by atoms with Crippen LogP contribution in [0.15, 0.2) is 0 Å². The highest BCUT2D eigenvalue weighted by Crippen LogP contribution is 2.33.